The van der Waals surface area contributed by atoms with Gasteiger partial charge in [-0.1, -0.05) is 0 Å². The van der Waals surface area contributed by atoms with Gasteiger partial charge in [0.2, 0.25) is 5.91 Å². The van der Waals surface area contributed by atoms with E-state index in [0.717, 1.165) is 13.1 Å². The molecule has 0 radical (unpaired) electrons. The summed E-state index contributed by atoms with van der Waals surface area (Å²) in [6.45, 7) is 1.77. The number of nitrogens with zero attached hydrogens (tertiary/aromatic N) is 3. The van der Waals surface area contributed by atoms with Crippen LogP contribution in [0.25, 0.3) is 0 Å². The maximum atomic E-state index is 12.3. The van der Waals surface area contributed by atoms with Crippen molar-refractivity contribution in [3.8, 4) is 0 Å². The summed E-state index contributed by atoms with van der Waals surface area (Å²) >= 11 is 0. The Balaban J connectivity index is 1.48. The zero-order chi connectivity index (χ0) is 15.7. The molecule has 1 atom stereocenters. The Morgan fingerprint density at radius 1 is 1.36 bits per heavy atom. The highest BCUT2D eigenvalue weighted by atomic mass is 32.2. The molecule has 2 saturated heterocycles. The van der Waals surface area contributed by atoms with Gasteiger partial charge in [0.1, 0.15) is 0 Å². The SMILES string of the molecule is CN(CC(=O)N1CC(c2ccncc2)C1)C1CCS(=O)(=O)C1. The van der Waals surface area contributed by atoms with Crippen molar-refractivity contribution in [1.82, 2.24) is 14.8 Å². The molecule has 1 unspecified atom stereocenters. The predicted molar refractivity (Wildman–Crippen MR) is 83.2 cm³/mol. The second kappa shape index (κ2) is 5.96. The maximum Gasteiger partial charge on any atom is 0.236 e. The second-order valence-electron chi connectivity index (χ2n) is 6.25. The molecule has 2 fully saturated rings. The molecule has 0 bridgehead atoms. The largest absolute Gasteiger partial charge is 0.340 e. The Morgan fingerprint density at radius 3 is 2.64 bits per heavy atom. The van der Waals surface area contributed by atoms with E-state index in [2.05, 4.69) is 4.98 Å². The van der Waals surface area contributed by atoms with Gasteiger partial charge in [0.05, 0.1) is 18.1 Å². The molecule has 0 aliphatic carbocycles. The van der Waals surface area contributed by atoms with Crippen molar-refractivity contribution >= 4 is 15.7 Å². The Hall–Kier alpha value is -1.47. The molecule has 0 aromatic carbocycles. The molecular weight excluding hydrogens is 302 g/mol. The van der Waals surface area contributed by atoms with Crippen LogP contribution >= 0.6 is 0 Å². The third-order valence-corrected chi connectivity index (χ3v) is 6.38. The lowest BCUT2D eigenvalue weighted by atomic mass is 9.92. The van der Waals surface area contributed by atoms with Crippen molar-refractivity contribution in [3.63, 3.8) is 0 Å². The van der Waals surface area contributed by atoms with Crippen molar-refractivity contribution in [3.05, 3.63) is 30.1 Å². The van der Waals surface area contributed by atoms with E-state index < -0.39 is 9.84 Å². The fourth-order valence-electron chi connectivity index (χ4n) is 3.09. The molecule has 3 heterocycles. The lowest BCUT2D eigenvalue weighted by Crippen LogP contribution is -2.52. The first kappa shape index (κ1) is 15.4. The van der Waals surface area contributed by atoms with Crippen molar-refractivity contribution < 1.29 is 13.2 Å². The molecule has 0 N–H and O–H groups in total. The number of hydrogen-bond acceptors (Lipinski definition) is 5. The number of rotatable bonds is 4. The molecule has 7 heteroatoms. The zero-order valence-corrected chi connectivity index (χ0v) is 13.5. The number of hydrogen-bond donors (Lipinski definition) is 0. The van der Waals surface area contributed by atoms with Gasteiger partial charge in [0.25, 0.3) is 0 Å². The van der Waals surface area contributed by atoms with Gasteiger partial charge in [-0.25, -0.2) is 8.42 Å². The van der Waals surface area contributed by atoms with Gasteiger partial charge in [-0.05, 0) is 31.2 Å². The minimum absolute atomic E-state index is 0.0220. The number of carbonyl (C=O) groups is 1. The number of pyridine rings is 1. The van der Waals surface area contributed by atoms with E-state index in [4.69, 9.17) is 0 Å². The van der Waals surface area contributed by atoms with Crippen LogP contribution in [0.4, 0.5) is 0 Å². The number of amides is 1. The zero-order valence-electron chi connectivity index (χ0n) is 12.7. The van der Waals surface area contributed by atoms with Crippen molar-refractivity contribution in [2.75, 3.05) is 38.2 Å². The summed E-state index contributed by atoms with van der Waals surface area (Å²) < 4.78 is 23.0. The van der Waals surface area contributed by atoms with E-state index in [1.807, 2.05) is 29.0 Å². The minimum atomic E-state index is -2.91. The molecule has 0 saturated carbocycles. The standard InChI is InChI=1S/C15H21N3O3S/c1-17(14-4-7-22(20,21)11-14)10-15(19)18-8-13(9-18)12-2-5-16-6-3-12/h2-3,5-6,13-14H,4,7-11H2,1H3. The normalized spacial score (nSPS) is 24.5. The summed E-state index contributed by atoms with van der Waals surface area (Å²) in [6.07, 6.45) is 4.17. The number of carbonyl (C=O) groups excluding carboxylic acids is 1. The van der Waals surface area contributed by atoms with Crippen LogP contribution in [0.3, 0.4) is 0 Å². The van der Waals surface area contributed by atoms with Crippen LogP contribution in [-0.2, 0) is 14.6 Å². The van der Waals surface area contributed by atoms with Gasteiger partial charge >= 0.3 is 0 Å². The third kappa shape index (κ3) is 3.30. The van der Waals surface area contributed by atoms with Crippen LogP contribution in [0, 0.1) is 0 Å². The number of aromatic nitrogens is 1. The molecule has 0 spiro atoms. The maximum absolute atomic E-state index is 12.3. The Labute approximate surface area is 131 Å². The molecule has 3 rings (SSSR count). The Morgan fingerprint density at radius 2 is 2.05 bits per heavy atom. The highest BCUT2D eigenvalue weighted by molar-refractivity contribution is 7.91. The molecule has 22 heavy (non-hydrogen) atoms. The average Bonchev–Trinajstić information content (AvgIpc) is 2.79. The smallest absolute Gasteiger partial charge is 0.236 e. The minimum Gasteiger partial charge on any atom is -0.340 e. The van der Waals surface area contributed by atoms with Crippen LogP contribution in [0.15, 0.2) is 24.5 Å². The molecular formula is C15H21N3O3S. The monoisotopic (exact) mass is 323 g/mol. The van der Waals surface area contributed by atoms with Crippen LogP contribution in [0.1, 0.15) is 17.9 Å². The first-order chi connectivity index (χ1) is 10.4. The first-order valence-corrected chi connectivity index (χ1v) is 9.35. The fourth-order valence-corrected chi connectivity index (χ4v) is 4.90. The van der Waals surface area contributed by atoms with Crippen LogP contribution in [0.2, 0.25) is 0 Å². The highest BCUT2D eigenvalue weighted by Gasteiger charge is 2.35. The third-order valence-electron chi connectivity index (χ3n) is 4.63. The summed E-state index contributed by atoms with van der Waals surface area (Å²) in [4.78, 5) is 20.0. The molecule has 2 aliphatic rings. The van der Waals surface area contributed by atoms with Crippen molar-refractivity contribution in [2.24, 2.45) is 0 Å². The van der Waals surface area contributed by atoms with E-state index in [-0.39, 0.29) is 23.5 Å². The highest BCUT2D eigenvalue weighted by Crippen LogP contribution is 2.26. The summed E-state index contributed by atoms with van der Waals surface area (Å²) in [5, 5.41) is 0. The van der Waals surface area contributed by atoms with Crippen LogP contribution in [-0.4, -0.2) is 73.3 Å². The van der Waals surface area contributed by atoms with E-state index in [9.17, 15) is 13.2 Å². The van der Waals surface area contributed by atoms with Gasteiger partial charge < -0.3 is 4.90 Å². The van der Waals surface area contributed by atoms with Gasteiger partial charge in [0, 0.05) is 37.4 Å². The summed E-state index contributed by atoms with van der Waals surface area (Å²) in [6, 6.07) is 3.95. The summed E-state index contributed by atoms with van der Waals surface area (Å²) in [5.41, 5.74) is 1.22. The van der Waals surface area contributed by atoms with Gasteiger partial charge in [-0.15, -0.1) is 0 Å². The van der Waals surface area contributed by atoms with Crippen LogP contribution < -0.4 is 0 Å². The van der Waals surface area contributed by atoms with E-state index in [1.54, 1.807) is 12.4 Å². The van der Waals surface area contributed by atoms with Gasteiger partial charge in [-0.2, -0.15) is 0 Å². The lowest BCUT2D eigenvalue weighted by molar-refractivity contribution is -0.137. The topological polar surface area (TPSA) is 70.6 Å². The summed E-state index contributed by atoms with van der Waals surface area (Å²) in [5.74, 6) is 0.890. The van der Waals surface area contributed by atoms with E-state index in [1.165, 1.54) is 5.56 Å². The lowest BCUT2D eigenvalue weighted by Gasteiger charge is -2.40. The van der Waals surface area contributed by atoms with Gasteiger partial charge in [-0.3, -0.25) is 14.7 Å². The molecule has 1 amide bonds. The number of sulfone groups is 1. The molecule has 1 aromatic heterocycles. The van der Waals surface area contributed by atoms with Crippen molar-refractivity contribution in [2.45, 2.75) is 18.4 Å². The second-order valence-corrected chi connectivity index (χ2v) is 8.48. The number of likely N-dealkylation sites (tertiary alicyclic amines) is 1. The Bertz CT molecular complexity index is 641. The Kier molecular flexibility index (Phi) is 4.18. The first-order valence-electron chi connectivity index (χ1n) is 7.53. The number of likely N-dealkylation sites (N-methyl/N-ethyl adjacent to an activating group) is 1. The van der Waals surface area contributed by atoms with Crippen molar-refractivity contribution in [1.29, 1.82) is 0 Å². The van der Waals surface area contributed by atoms with Gasteiger partial charge in [0.15, 0.2) is 9.84 Å². The quantitative estimate of drug-likeness (QED) is 0.787. The van der Waals surface area contributed by atoms with Crippen LogP contribution in [0.5, 0.6) is 0 Å². The molecule has 1 aromatic rings. The molecule has 120 valence electrons. The molecule has 6 nitrogen and oxygen atoms in total. The molecule has 2 aliphatic heterocycles. The van der Waals surface area contributed by atoms with E-state index in [0.29, 0.717) is 18.9 Å². The predicted octanol–water partition coefficient (Wildman–Crippen LogP) is 0.126. The average molecular weight is 323 g/mol. The summed E-state index contributed by atoms with van der Waals surface area (Å²) in [7, 11) is -1.07. The fraction of sp³-hybridized carbons (Fsp3) is 0.600. The van der Waals surface area contributed by atoms with E-state index >= 15 is 0 Å².